The molecule has 3 rings (SSSR count). The average Bonchev–Trinajstić information content (AvgIpc) is 2.70. The van der Waals surface area contributed by atoms with Crippen LogP contribution in [0.25, 0.3) is 11.1 Å². The number of carbonyl (C=O) groups is 1. The molecule has 0 unspecified atom stereocenters. The number of hydrogen-bond acceptors (Lipinski definition) is 8. The second kappa shape index (κ2) is 8.44. The van der Waals surface area contributed by atoms with E-state index in [-0.39, 0.29) is 16.3 Å². The molecular formula is C19H18ClO8-. The van der Waals surface area contributed by atoms with E-state index in [1.54, 1.807) is 30.3 Å². The van der Waals surface area contributed by atoms with Crippen LogP contribution in [0.2, 0.25) is 5.02 Å². The Morgan fingerprint density at radius 2 is 1.68 bits per heavy atom. The maximum atomic E-state index is 10.9. The summed E-state index contributed by atoms with van der Waals surface area (Å²) < 4.78 is 10.9. The molecule has 8 nitrogen and oxygen atoms in total. The van der Waals surface area contributed by atoms with Gasteiger partial charge in [-0.2, -0.15) is 0 Å². The first kappa shape index (κ1) is 20.5. The summed E-state index contributed by atoms with van der Waals surface area (Å²) in [4.78, 5) is 10.9. The minimum absolute atomic E-state index is 0.0375. The Labute approximate surface area is 165 Å². The van der Waals surface area contributed by atoms with Crippen molar-refractivity contribution in [3.63, 3.8) is 0 Å². The largest absolute Gasteiger partial charge is 0.545 e. The zero-order chi connectivity index (χ0) is 20.4. The molecule has 4 N–H and O–H groups in total. The predicted molar refractivity (Wildman–Crippen MR) is 95.6 cm³/mol. The highest BCUT2D eigenvalue weighted by Crippen LogP contribution is 2.33. The van der Waals surface area contributed by atoms with Gasteiger partial charge in [0, 0.05) is 0 Å². The van der Waals surface area contributed by atoms with E-state index in [0.717, 1.165) is 0 Å². The molecule has 1 saturated heterocycles. The Kier molecular flexibility index (Phi) is 6.19. The first-order valence-corrected chi connectivity index (χ1v) is 8.78. The third-order valence-electron chi connectivity index (χ3n) is 4.48. The molecule has 1 aliphatic heterocycles. The van der Waals surface area contributed by atoms with Gasteiger partial charge in [-0.25, -0.2) is 0 Å². The van der Waals surface area contributed by atoms with Crippen molar-refractivity contribution < 1.29 is 39.8 Å². The summed E-state index contributed by atoms with van der Waals surface area (Å²) in [6.07, 6.45) is -7.12. The predicted octanol–water partition coefficient (Wildman–Crippen LogP) is -0.451. The minimum Gasteiger partial charge on any atom is -0.545 e. The highest BCUT2D eigenvalue weighted by Gasteiger charge is 2.44. The zero-order valence-corrected chi connectivity index (χ0v) is 15.2. The fraction of sp³-hybridized carbons (Fsp3) is 0.316. The van der Waals surface area contributed by atoms with E-state index in [0.29, 0.717) is 11.1 Å². The first-order valence-electron chi connectivity index (χ1n) is 8.40. The molecule has 1 aliphatic rings. The summed E-state index contributed by atoms with van der Waals surface area (Å²) in [5.41, 5.74) is 1.37. The van der Waals surface area contributed by atoms with Crippen LogP contribution in [0.1, 0.15) is 10.4 Å². The fourth-order valence-electron chi connectivity index (χ4n) is 2.86. The first-order chi connectivity index (χ1) is 13.3. The number of benzene rings is 2. The maximum absolute atomic E-state index is 10.9. The lowest BCUT2D eigenvalue weighted by Gasteiger charge is -2.39. The van der Waals surface area contributed by atoms with Crippen LogP contribution in [-0.2, 0) is 4.74 Å². The number of ether oxygens (including phenoxy) is 2. The zero-order valence-electron chi connectivity index (χ0n) is 14.4. The molecule has 0 spiro atoms. The monoisotopic (exact) mass is 409 g/mol. The van der Waals surface area contributed by atoms with Gasteiger partial charge < -0.3 is 39.8 Å². The van der Waals surface area contributed by atoms with Crippen LogP contribution >= 0.6 is 11.6 Å². The summed E-state index contributed by atoms with van der Waals surface area (Å²) in [7, 11) is 0. The summed E-state index contributed by atoms with van der Waals surface area (Å²) >= 11 is 6.14. The van der Waals surface area contributed by atoms with Crippen molar-refractivity contribution in [1.29, 1.82) is 0 Å². The summed E-state index contributed by atoms with van der Waals surface area (Å²) in [5.74, 6) is -1.15. The van der Waals surface area contributed by atoms with Gasteiger partial charge in [-0.1, -0.05) is 41.9 Å². The Bertz CT molecular complexity index is 838. The van der Waals surface area contributed by atoms with E-state index in [2.05, 4.69) is 0 Å². The van der Waals surface area contributed by atoms with E-state index in [1.807, 2.05) is 0 Å². The number of carboxylic acids is 1. The Morgan fingerprint density at radius 3 is 2.29 bits per heavy atom. The van der Waals surface area contributed by atoms with Crippen molar-refractivity contribution in [3.8, 4) is 16.9 Å². The number of carboxylic acid groups (broad SMARTS) is 1. The fourth-order valence-corrected chi connectivity index (χ4v) is 3.02. The average molecular weight is 410 g/mol. The van der Waals surface area contributed by atoms with Gasteiger partial charge in [0.1, 0.15) is 30.2 Å². The maximum Gasteiger partial charge on any atom is 0.229 e. The van der Waals surface area contributed by atoms with Crippen LogP contribution < -0.4 is 9.84 Å². The highest BCUT2D eigenvalue weighted by atomic mass is 35.5. The SMILES string of the molecule is O=C([O-])c1ccc(-c2ccc(Cl)c(O[C@H]3O[C@H](CO)[C@@H](O)[C@H](O)[C@@H]3O)c2)cc1. The van der Waals surface area contributed by atoms with Gasteiger partial charge in [0.15, 0.2) is 0 Å². The quantitative estimate of drug-likeness (QED) is 0.520. The normalized spacial score (nSPS) is 27.4. The molecule has 28 heavy (non-hydrogen) atoms. The Balaban J connectivity index is 1.84. The van der Waals surface area contributed by atoms with Crippen LogP contribution in [0.4, 0.5) is 0 Å². The van der Waals surface area contributed by atoms with Crippen molar-refractivity contribution in [2.75, 3.05) is 6.61 Å². The van der Waals surface area contributed by atoms with Crippen molar-refractivity contribution in [2.24, 2.45) is 0 Å². The van der Waals surface area contributed by atoms with E-state index in [9.17, 15) is 30.3 Å². The molecule has 0 aromatic heterocycles. The van der Waals surface area contributed by atoms with Crippen molar-refractivity contribution in [3.05, 3.63) is 53.1 Å². The molecule has 150 valence electrons. The van der Waals surface area contributed by atoms with Gasteiger partial charge in [-0.15, -0.1) is 0 Å². The summed E-state index contributed by atoms with van der Waals surface area (Å²) in [5, 5.41) is 50.1. The topological polar surface area (TPSA) is 140 Å². The highest BCUT2D eigenvalue weighted by molar-refractivity contribution is 6.32. The van der Waals surface area contributed by atoms with Crippen molar-refractivity contribution >= 4 is 17.6 Å². The molecule has 1 fully saturated rings. The summed E-state index contributed by atoms with van der Waals surface area (Å²) in [6.45, 7) is -0.580. The van der Waals surface area contributed by atoms with Crippen molar-refractivity contribution in [2.45, 2.75) is 30.7 Å². The Morgan fingerprint density at radius 1 is 1.04 bits per heavy atom. The third kappa shape index (κ3) is 4.12. The number of aliphatic hydroxyl groups is 4. The van der Waals surface area contributed by atoms with Crippen LogP contribution in [0.3, 0.4) is 0 Å². The molecule has 0 amide bonds. The van der Waals surface area contributed by atoms with Gasteiger partial charge in [0.05, 0.1) is 17.6 Å². The number of aliphatic hydroxyl groups excluding tert-OH is 4. The lowest BCUT2D eigenvalue weighted by Crippen LogP contribution is -2.60. The lowest BCUT2D eigenvalue weighted by molar-refractivity contribution is -0.277. The van der Waals surface area contributed by atoms with Crippen molar-refractivity contribution in [1.82, 2.24) is 0 Å². The number of carbonyl (C=O) groups excluding carboxylic acids is 1. The third-order valence-corrected chi connectivity index (χ3v) is 4.79. The lowest BCUT2D eigenvalue weighted by atomic mass is 9.99. The standard InChI is InChI=1S/C19H19ClO8/c20-12-6-5-11(9-1-3-10(4-2-9)18(25)26)7-13(12)27-19-17(24)16(23)15(22)14(8-21)28-19/h1-7,14-17,19,21-24H,8H2,(H,25,26)/p-1/t14-,15-,16+,17+,19+/m1/s1. The molecule has 0 aliphatic carbocycles. The van der Waals surface area contributed by atoms with Crippen LogP contribution in [0.15, 0.2) is 42.5 Å². The smallest absolute Gasteiger partial charge is 0.229 e. The molecule has 2 aromatic rings. The Hall–Kier alpha value is -2.20. The number of halogens is 1. The van der Waals surface area contributed by atoms with Gasteiger partial charge in [-0.05, 0) is 28.8 Å². The van der Waals surface area contributed by atoms with E-state index in [4.69, 9.17) is 21.1 Å². The van der Waals surface area contributed by atoms with E-state index < -0.39 is 43.3 Å². The van der Waals surface area contributed by atoms with Gasteiger partial charge in [0.25, 0.3) is 0 Å². The molecule has 9 heteroatoms. The molecule has 0 radical (unpaired) electrons. The van der Waals surface area contributed by atoms with Crippen LogP contribution in [-0.4, -0.2) is 63.7 Å². The van der Waals surface area contributed by atoms with Gasteiger partial charge in [-0.3, -0.25) is 0 Å². The molecule has 5 atom stereocenters. The van der Waals surface area contributed by atoms with Gasteiger partial charge >= 0.3 is 0 Å². The molecule has 1 heterocycles. The number of rotatable bonds is 5. The summed E-state index contributed by atoms with van der Waals surface area (Å²) in [6, 6.07) is 10.8. The minimum atomic E-state index is -1.57. The number of hydrogen-bond donors (Lipinski definition) is 4. The molecule has 2 aromatic carbocycles. The van der Waals surface area contributed by atoms with E-state index >= 15 is 0 Å². The van der Waals surface area contributed by atoms with Gasteiger partial charge in [0.2, 0.25) is 6.29 Å². The number of aromatic carboxylic acids is 1. The molecular weight excluding hydrogens is 392 g/mol. The van der Waals surface area contributed by atoms with Crippen LogP contribution in [0.5, 0.6) is 5.75 Å². The second-order valence-electron chi connectivity index (χ2n) is 6.33. The second-order valence-corrected chi connectivity index (χ2v) is 6.73. The van der Waals surface area contributed by atoms with Crippen LogP contribution in [0, 0.1) is 0 Å². The molecule has 0 saturated carbocycles. The van der Waals surface area contributed by atoms with E-state index in [1.165, 1.54) is 12.1 Å². The molecule has 0 bridgehead atoms.